The first kappa shape index (κ1) is 84.6. The van der Waals surface area contributed by atoms with Crippen molar-refractivity contribution in [1.82, 2.24) is 62.6 Å². The zero-order valence-electron chi connectivity index (χ0n) is 64.8. The van der Waals surface area contributed by atoms with Crippen LogP contribution in [0.5, 0.6) is 23.0 Å². The van der Waals surface area contributed by atoms with Crippen LogP contribution in [0.2, 0.25) is 0 Å². The highest BCUT2D eigenvalue weighted by Crippen LogP contribution is 2.29. The van der Waals surface area contributed by atoms with Crippen molar-refractivity contribution in [2.75, 3.05) is 78.0 Å². The van der Waals surface area contributed by atoms with Gasteiger partial charge in [0.25, 0.3) is 0 Å². The topological polar surface area (TPSA) is 344 Å². The Morgan fingerprint density at radius 1 is 0.445 bits per heavy atom. The maximum absolute atomic E-state index is 12.6. The highest BCUT2D eigenvalue weighted by atomic mass is 32.2. The molecule has 32 heteroatoms. The van der Waals surface area contributed by atoms with Crippen molar-refractivity contribution < 1.29 is 68.2 Å². The summed E-state index contributed by atoms with van der Waals surface area (Å²) in [4.78, 5) is 99.7. The summed E-state index contributed by atoms with van der Waals surface area (Å²) in [6.07, 6.45) is 5.23. The molecule has 0 bridgehead atoms. The van der Waals surface area contributed by atoms with E-state index in [0.29, 0.717) is 138 Å². The quantitative estimate of drug-likeness (QED) is 0.0433. The van der Waals surface area contributed by atoms with Crippen molar-refractivity contribution in [3.8, 4) is 23.0 Å². The molecule has 0 aliphatic carbocycles. The Kier molecular flexibility index (Phi) is 28.5. The summed E-state index contributed by atoms with van der Waals surface area (Å²) < 4.78 is 100. The van der Waals surface area contributed by atoms with Gasteiger partial charge in [0.15, 0.2) is 23.1 Å². The smallest absolute Gasteiger partial charge is 0.319 e. The number of sulfonamides is 3. The predicted octanol–water partition coefficient (Wildman–Crippen LogP) is 9.14. The minimum absolute atomic E-state index is 0.0257. The van der Waals surface area contributed by atoms with Crippen molar-refractivity contribution >= 4 is 70.6 Å². The molecule has 0 unspecified atom stereocenters. The predicted molar refractivity (Wildman–Crippen MR) is 417 cm³/mol. The summed E-state index contributed by atoms with van der Waals surface area (Å²) in [6, 6.07) is 24.8. The zero-order chi connectivity index (χ0) is 80.1. The number of ketones is 4. The number of hydrogen-bond acceptors (Lipinski definition) is 24. The number of hydrogen-bond donors (Lipinski definition) is 0. The van der Waals surface area contributed by atoms with Gasteiger partial charge in [-0.3, -0.25) is 34.1 Å². The van der Waals surface area contributed by atoms with E-state index in [1.54, 1.807) is 133 Å². The van der Waals surface area contributed by atoms with Gasteiger partial charge in [-0.05, 0) is 117 Å². The number of aryl methyl sites for hydroxylation is 8. The first-order chi connectivity index (χ1) is 51.8. The molecule has 4 saturated heterocycles. The van der Waals surface area contributed by atoms with E-state index in [2.05, 4.69) is 39.9 Å². The largest absolute Gasteiger partial charge is 0.488 e. The molecule has 28 nitrogen and oxygen atoms in total. The van der Waals surface area contributed by atoms with Gasteiger partial charge < -0.3 is 28.7 Å². The Balaban J connectivity index is 0.000000169. The average molecular weight is 1580 g/mol. The molecule has 12 rings (SSSR count). The number of likely N-dealkylation sites (tertiary alicyclic amines) is 1. The zero-order valence-corrected chi connectivity index (χ0v) is 68.1. The molecule has 12 heterocycles. The van der Waals surface area contributed by atoms with E-state index in [0.717, 1.165) is 27.4 Å². The molecule has 0 atom stereocenters. The summed E-state index contributed by atoms with van der Waals surface area (Å²) in [5, 5.41) is 2.23. The number of nitrogens with zero attached hydrogens (tertiary/aromatic N) is 13. The number of thiazole rings is 1. The maximum Gasteiger partial charge on any atom is 0.319 e. The van der Waals surface area contributed by atoms with Gasteiger partial charge in [-0.2, -0.15) is 12.9 Å². The van der Waals surface area contributed by atoms with Crippen molar-refractivity contribution in [1.29, 1.82) is 0 Å². The molecule has 0 radical (unpaired) electrons. The molecule has 4 fully saturated rings. The fourth-order valence-corrected chi connectivity index (χ4v) is 16.6. The summed E-state index contributed by atoms with van der Waals surface area (Å²) in [5.74, 6) is 2.02. The van der Waals surface area contributed by atoms with Crippen LogP contribution in [0.4, 0.5) is 4.79 Å². The van der Waals surface area contributed by atoms with E-state index < -0.39 is 35.3 Å². The molecule has 8 aromatic rings. The lowest BCUT2D eigenvalue weighted by Gasteiger charge is -2.40. The second-order valence-corrected chi connectivity index (χ2v) is 36.4. The molecule has 0 N–H and O–H groups in total. The maximum atomic E-state index is 12.6. The van der Waals surface area contributed by atoms with Gasteiger partial charge >= 0.3 is 6.03 Å². The van der Waals surface area contributed by atoms with E-state index in [1.807, 2.05) is 90.2 Å². The van der Waals surface area contributed by atoms with Crippen LogP contribution in [0.1, 0.15) is 144 Å². The minimum atomic E-state index is -3.25. The Bertz CT molecular complexity index is 4950. The lowest BCUT2D eigenvalue weighted by atomic mass is 10.1. The fourth-order valence-electron chi connectivity index (χ4n) is 11.5. The van der Waals surface area contributed by atoms with Crippen LogP contribution >= 0.6 is 11.3 Å². The molecular weight excluding hydrogens is 1490 g/mol. The van der Waals surface area contributed by atoms with Crippen LogP contribution in [-0.2, 0) is 55.8 Å². The van der Waals surface area contributed by atoms with Crippen LogP contribution in [0.3, 0.4) is 0 Å². The lowest BCUT2D eigenvalue weighted by molar-refractivity contribution is 0.0355. The van der Waals surface area contributed by atoms with Crippen molar-refractivity contribution in [2.45, 2.75) is 145 Å². The van der Waals surface area contributed by atoms with Crippen LogP contribution in [-0.4, -0.2) is 225 Å². The van der Waals surface area contributed by atoms with Crippen molar-refractivity contribution in [2.24, 2.45) is 5.92 Å². The SMILES string of the molecule is CCS(=O)(=O)N1CC(Oc2cc(C)nc(C(=O)Cc3ccc(C)cn3)c2)C1.Cc1cc(OC2CN(S(=O)(=O)C(C)C)C2)cc(C(=O)Cc2nc(C)cs2)n1.Cc1ccc(CC(=O)c2cc(OC3CN(C(=O)N(C)C)C3)cc(C)n2)nc1.Cc1ccc(CC(=O)c2cc(OC3CN(S(=O)(=O)CC(C)C)C3)cc(C)n2)nc1. The van der Waals surface area contributed by atoms with Gasteiger partial charge in [0.05, 0.1) is 94.8 Å². The summed E-state index contributed by atoms with van der Waals surface area (Å²) >= 11 is 1.46. The van der Waals surface area contributed by atoms with E-state index in [1.165, 1.54) is 24.3 Å². The summed E-state index contributed by atoms with van der Waals surface area (Å²) in [6.45, 7) is 26.7. The van der Waals surface area contributed by atoms with Crippen LogP contribution in [0, 0.1) is 61.3 Å². The van der Waals surface area contributed by atoms with E-state index in [9.17, 15) is 49.2 Å². The number of ether oxygens (including phenoxy) is 4. The monoisotopic (exact) mass is 1580 g/mol. The van der Waals surface area contributed by atoms with Gasteiger partial charge in [0.1, 0.15) is 75.2 Å². The highest BCUT2D eigenvalue weighted by molar-refractivity contribution is 7.90. The second-order valence-electron chi connectivity index (χ2n) is 28.7. The van der Waals surface area contributed by atoms with Crippen LogP contribution < -0.4 is 18.9 Å². The molecule has 0 spiro atoms. The molecule has 0 aromatic carbocycles. The third kappa shape index (κ3) is 24.0. The summed E-state index contributed by atoms with van der Waals surface area (Å²) in [7, 11) is -6.20. The highest BCUT2D eigenvalue weighted by Gasteiger charge is 2.41. The van der Waals surface area contributed by atoms with Crippen LogP contribution in [0.25, 0.3) is 0 Å². The number of aromatic nitrogens is 8. The van der Waals surface area contributed by atoms with Gasteiger partial charge in [0, 0.05) is 132 Å². The van der Waals surface area contributed by atoms with Gasteiger partial charge in [-0.1, -0.05) is 32.0 Å². The number of pyridine rings is 7. The minimum Gasteiger partial charge on any atom is -0.488 e. The van der Waals surface area contributed by atoms with Crippen LogP contribution in [0.15, 0.2) is 109 Å². The van der Waals surface area contributed by atoms with Crippen molar-refractivity contribution in [3.63, 3.8) is 0 Å². The number of carbonyl (C=O) groups excluding carboxylic acids is 5. The fraction of sp³-hybridized carbons (Fsp3) is 0.449. The molecule has 2 amide bonds. The normalized spacial score (nSPS) is 15.1. The molecule has 8 aromatic heterocycles. The molecule has 4 aliphatic heterocycles. The van der Waals surface area contributed by atoms with E-state index in [-0.39, 0.29) is 96.7 Å². The van der Waals surface area contributed by atoms with E-state index in [4.69, 9.17) is 18.9 Å². The Hall–Kier alpha value is -9.44. The molecule has 110 heavy (non-hydrogen) atoms. The Morgan fingerprint density at radius 3 is 1.06 bits per heavy atom. The molecule has 588 valence electrons. The van der Waals surface area contributed by atoms with E-state index >= 15 is 0 Å². The molecular formula is C78H97N13O15S4. The van der Waals surface area contributed by atoms with Gasteiger partial charge in [-0.25, -0.2) is 55.0 Å². The second kappa shape index (κ2) is 37.1. The number of rotatable bonds is 27. The number of carbonyl (C=O) groups is 5. The third-order valence-corrected chi connectivity index (χ3v) is 24.7. The summed E-state index contributed by atoms with van der Waals surface area (Å²) in [5.41, 5.74) is 10.2. The van der Waals surface area contributed by atoms with Gasteiger partial charge in [-0.15, -0.1) is 11.3 Å². The third-order valence-electron chi connectivity index (χ3n) is 17.6. The first-order valence-corrected chi connectivity index (χ1v) is 41.8. The number of Topliss-reactive ketones (excluding diaryl/α,β-unsaturated/α-hetero) is 4. The number of amides is 2. The standard InChI is InChI=1S/C21H27N3O4S.C20H24N4O3.C19H23N3O4S.C18H23N3O4S2/c1-14(2)13-29(26,27)24-11-19(12-24)28-18-7-16(4)23-20(9-18)21(25)8-17-6-5-15(3)10-22-17;1-13-5-6-15(21-10-13)8-19(25)18-9-16(7-14(2)22-18)27-17-11-24(12-17)20(26)23(3)4;1-4-27(24,25)22-11-17(12-22)26-16-7-14(3)21-18(9-16)19(23)8-15-6-5-13(2)10-20-15;1-11(2)27(23,24)21-8-15(9-21)25-14-5-12(3)19-16(6-14)17(22)7-18-20-13(4)10-26-18/h5-7,9-10,14,19H,8,11-13H2,1-4H3;5-7,9-10,17H,8,11-12H2,1-4H3;5-7,9-10,17H,4,8,11-12H2,1-3H3;5-6,10-11,15H,7-9H2,1-4H3. The first-order valence-electron chi connectivity index (χ1n) is 36.2. The lowest BCUT2D eigenvalue weighted by Crippen LogP contribution is -2.58. The Labute approximate surface area is 648 Å². The van der Waals surface area contributed by atoms with Gasteiger partial charge in [0.2, 0.25) is 30.1 Å². The number of urea groups is 1. The molecule has 0 saturated carbocycles. The van der Waals surface area contributed by atoms with Crippen molar-refractivity contribution in [3.05, 3.63) is 199 Å². The Morgan fingerprint density at radius 2 is 0.773 bits per heavy atom. The molecule has 4 aliphatic rings. The average Bonchev–Trinajstić information content (AvgIpc) is 0.963.